The quantitative estimate of drug-likeness (QED) is 0.242. The summed E-state index contributed by atoms with van der Waals surface area (Å²) in [6.45, 7) is 0. The fourth-order valence-electron chi connectivity index (χ4n) is 11.5. The molecule has 15 heteroatoms. The van der Waals surface area contributed by atoms with Gasteiger partial charge in [-0.15, -0.1) is 0 Å². The topological polar surface area (TPSA) is 125 Å². The number of rotatable bonds is 3. The van der Waals surface area contributed by atoms with Crippen molar-refractivity contribution in [2.24, 2.45) is 65.1 Å². The van der Waals surface area contributed by atoms with Crippen molar-refractivity contribution in [2.75, 3.05) is 21.1 Å². The van der Waals surface area contributed by atoms with Crippen LogP contribution in [-0.4, -0.2) is 112 Å². The lowest BCUT2D eigenvalue weighted by Gasteiger charge is -2.54. The highest BCUT2D eigenvalue weighted by atomic mass is 16.3. The van der Waals surface area contributed by atoms with Crippen LogP contribution in [0.3, 0.4) is 0 Å². The van der Waals surface area contributed by atoms with Gasteiger partial charge in [0.05, 0.1) is 29.6 Å². The first-order valence-electron chi connectivity index (χ1n) is 16.3. The SMILES string of the molecule is CN1B(N2C(=O)C3C4=CC(C=C4)C3C2=O)N(C)B(N2C(=O)C3C4C=CC(C4)C3C2O)N(C)B1N1C(=O)C2C3C=CC(C3)C2C1=O. The van der Waals surface area contributed by atoms with Gasteiger partial charge >= 0.3 is 21.4 Å². The number of allylic oxidation sites excluding steroid dienone is 7. The van der Waals surface area contributed by atoms with Gasteiger partial charge in [0, 0.05) is 11.8 Å². The molecule has 0 spiro atoms. The van der Waals surface area contributed by atoms with Crippen molar-refractivity contribution in [3.05, 3.63) is 48.1 Å². The Morgan fingerprint density at radius 3 is 1.73 bits per heavy atom. The van der Waals surface area contributed by atoms with Crippen LogP contribution in [0, 0.1) is 65.1 Å². The highest BCUT2D eigenvalue weighted by Gasteiger charge is 2.71. The zero-order valence-electron chi connectivity index (χ0n) is 25.3. The summed E-state index contributed by atoms with van der Waals surface area (Å²) in [6.07, 6.45) is 14.7. The molecule has 45 heavy (non-hydrogen) atoms. The minimum Gasteiger partial charge on any atom is -0.374 e. The van der Waals surface area contributed by atoms with E-state index in [1.807, 2.05) is 30.4 Å². The van der Waals surface area contributed by atoms with E-state index in [0.29, 0.717) is 0 Å². The van der Waals surface area contributed by atoms with Crippen molar-refractivity contribution < 1.29 is 29.1 Å². The van der Waals surface area contributed by atoms with Crippen molar-refractivity contribution in [1.82, 2.24) is 28.6 Å². The van der Waals surface area contributed by atoms with Crippen LogP contribution in [0.4, 0.5) is 0 Å². The number of fused-ring (bicyclic) bond motifs is 14. The second-order valence-corrected chi connectivity index (χ2v) is 14.9. The minimum absolute atomic E-state index is 0.0108. The first-order chi connectivity index (χ1) is 21.6. The number of carbonyl (C=O) groups excluding carboxylic acids is 5. The summed E-state index contributed by atoms with van der Waals surface area (Å²) in [5.41, 5.74) is 0.846. The molecule has 0 radical (unpaired) electrons. The highest BCUT2D eigenvalue weighted by molar-refractivity contribution is 6.87. The van der Waals surface area contributed by atoms with Gasteiger partial charge in [-0.2, -0.15) is 0 Å². The van der Waals surface area contributed by atoms with Crippen LogP contribution < -0.4 is 0 Å². The second-order valence-electron chi connectivity index (χ2n) is 14.9. The molecule has 6 aliphatic carbocycles. The molecule has 2 saturated carbocycles. The fourth-order valence-corrected chi connectivity index (χ4v) is 11.5. The van der Waals surface area contributed by atoms with Crippen molar-refractivity contribution in [1.29, 1.82) is 0 Å². The zero-order valence-corrected chi connectivity index (χ0v) is 25.3. The third-order valence-electron chi connectivity index (χ3n) is 13.1. The summed E-state index contributed by atoms with van der Waals surface area (Å²) in [7, 11) is 2.28. The lowest BCUT2D eigenvalue weighted by atomic mass is 9.54. The molecule has 0 aromatic heterocycles. The summed E-state index contributed by atoms with van der Waals surface area (Å²) >= 11 is 0. The Bertz CT molecular complexity index is 1620. The molecule has 12 unspecified atom stereocenters. The van der Waals surface area contributed by atoms with Crippen LogP contribution in [0.5, 0.6) is 0 Å². The van der Waals surface area contributed by atoms with Gasteiger partial charge in [0.15, 0.2) is 0 Å². The van der Waals surface area contributed by atoms with Crippen molar-refractivity contribution in [3.63, 3.8) is 0 Å². The molecule has 6 bridgehead atoms. The van der Waals surface area contributed by atoms with Gasteiger partial charge in [-0.25, -0.2) is 0 Å². The van der Waals surface area contributed by atoms with Crippen LogP contribution >= 0.6 is 0 Å². The Morgan fingerprint density at radius 2 is 1.13 bits per heavy atom. The molecule has 12 atom stereocenters. The minimum atomic E-state index is -1.10. The molecule has 10 rings (SSSR count). The largest absolute Gasteiger partial charge is 0.428 e. The number of amides is 5. The number of aliphatic hydroxyl groups excluding tert-OH is 1. The lowest BCUT2D eigenvalue weighted by Crippen LogP contribution is -2.86. The van der Waals surface area contributed by atoms with Crippen molar-refractivity contribution >= 4 is 50.9 Å². The van der Waals surface area contributed by atoms with E-state index in [2.05, 4.69) is 12.2 Å². The molecule has 4 heterocycles. The van der Waals surface area contributed by atoms with Gasteiger partial charge in [0.1, 0.15) is 6.23 Å². The number of carbonyl (C=O) groups is 5. The summed E-state index contributed by atoms with van der Waals surface area (Å²) in [4.78, 5) is 75.0. The number of imide groups is 2. The van der Waals surface area contributed by atoms with Crippen molar-refractivity contribution in [3.8, 4) is 0 Å². The molecule has 4 saturated heterocycles. The van der Waals surface area contributed by atoms with Gasteiger partial charge in [-0.1, -0.05) is 42.5 Å². The predicted molar refractivity (Wildman–Crippen MR) is 160 cm³/mol. The van der Waals surface area contributed by atoms with E-state index >= 15 is 0 Å². The molecule has 6 fully saturated rings. The first kappa shape index (κ1) is 26.9. The Labute approximate surface area is 261 Å². The zero-order chi connectivity index (χ0) is 31.0. The average molecular weight is 606 g/mol. The van der Waals surface area contributed by atoms with Crippen LogP contribution in [0.25, 0.3) is 0 Å². The third-order valence-corrected chi connectivity index (χ3v) is 13.1. The summed E-state index contributed by atoms with van der Waals surface area (Å²) in [5, 5.41) is 11.8. The molecule has 228 valence electrons. The van der Waals surface area contributed by atoms with Crippen LogP contribution in [0.15, 0.2) is 48.1 Å². The van der Waals surface area contributed by atoms with E-state index in [-0.39, 0.29) is 71.0 Å². The normalized spacial score (nSPS) is 46.0. The molecule has 5 amide bonds. The molecule has 1 N–H and O–H groups in total. The molecule has 12 nitrogen and oxygen atoms in total. The molecule has 10 aliphatic rings. The monoisotopic (exact) mass is 606 g/mol. The van der Waals surface area contributed by atoms with Gasteiger partial charge < -0.3 is 24.1 Å². The maximum atomic E-state index is 14.2. The fraction of sp³-hybridized carbons (Fsp3) is 0.567. The van der Waals surface area contributed by atoms with E-state index in [1.54, 1.807) is 35.3 Å². The molecule has 4 aliphatic heterocycles. The Balaban J connectivity index is 1.07. The standard InChI is InChI=1S/C30H33B3N6O6/c1-34-31(37-25(40)19-13-4-5-14(10-13)20(19)26(37)41)35(2)33(39-29(44)23-17-8-9-18(12-17)24(23)30(39)45)36(3)32(34)38-27(42)21-15-6-7-16(11-15)22(21)28(38)43/h4-10,13,15-24,27,42H,11-12H2,1-3H3. The number of nitrogens with zero attached hydrogens (tertiary/aromatic N) is 6. The lowest BCUT2D eigenvalue weighted by molar-refractivity contribution is -0.136. The van der Waals surface area contributed by atoms with Crippen molar-refractivity contribution in [2.45, 2.75) is 19.1 Å². The smallest absolute Gasteiger partial charge is 0.374 e. The molecular weight excluding hydrogens is 573 g/mol. The molecular formula is C30H33B3N6O6. The van der Waals surface area contributed by atoms with Gasteiger partial charge in [-0.3, -0.25) is 33.6 Å². The Kier molecular flexibility index (Phi) is 5.12. The van der Waals surface area contributed by atoms with E-state index in [1.165, 1.54) is 14.4 Å². The number of hydrogen-bond donors (Lipinski definition) is 1. The highest BCUT2D eigenvalue weighted by Crippen LogP contribution is 2.56. The van der Waals surface area contributed by atoms with Crippen LogP contribution in [0.2, 0.25) is 0 Å². The van der Waals surface area contributed by atoms with Crippen LogP contribution in [-0.2, 0) is 24.0 Å². The maximum Gasteiger partial charge on any atom is 0.428 e. The maximum absolute atomic E-state index is 14.2. The van der Waals surface area contributed by atoms with Gasteiger partial charge in [-0.05, 0) is 63.2 Å². The summed E-state index contributed by atoms with van der Waals surface area (Å²) < 4.78 is 5.29. The average Bonchev–Trinajstić information content (AvgIpc) is 3.87. The van der Waals surface area contributed by atoms with Gasteiger partial charge in [0.2, 0.25) is 29.5 Å². The van der Waals surface area contributed by atoms with Crippen LogP contribution in [0.1, 0.15) is 12.8 Å². The van der Waals surface area contributed by atoms with E-state index in [4.69, 9.17) is 0 Å². The molecule has 0 aromatic rings. The first-order valence-corrected chi connectivity index (χ1v) is 16.3. The third kappa shape index (κ3) is 2.96. The van der Waals surface area contributed by atoms with Gasteiger partial charge in [0.25, 0.3) is 0 Å². The Morgan fingerprint density at radius 1 is 0.622 bits per heavy atom. The van der Waals surface area contributed by atoms with E-state index in [9.17, 15) is 29.1 Å². The summed E-state index contributed by atoms with van der Waals surface area (Å²) in [5.74, 6) is -3.87. The van der Waals surface area contributed by atoms with E-state index in [0.717, 1.165) is 18.4 Å². The predicted octanol–water partition coefficient (Wildman–Crippen LogP) is -1.12. The number of hydrogen-bond acceptors (Lipinski definition) is 9. The second kappa shape index (κ2) is 8.55. The molecule has 0 aromatic carbocycles. The summed E-state index contributed by atoms with van der Waals surface area (Å²) in [6, 6.07) is 0. The number of aliphatic hydroxyl groups is 1. The van der Waals surface area contributed by atoms with E-state index < -0.39 is 51.3 Å². The Hall–Kier alpha value is -3.26.